The summed E-state index contributed by atoms with van der Waals surface area (Å²) in [7, 11) is 0. The lowest BCUT2D eigenvalue weighted by Crippen LogP contribution is -2.21. The number of nitrogens with two attached hydrogens (primary N) is 2. The van der Waals surface area contributed by atoms with Gasteiger partial charge >= 0.3 is 0 Å². The van der Waals surface area contributed by atoms with E-state index in [1.807, 2.05) is 0 Å². The van der Waals surface area contributed by atoms with E-state index in [0.717, 1.165) is 12.8 Å². The molecule has 5 N–H and O–H groups in total. The molecule has 0 aromatic carbocycles. The maximum atomic E-state index is 8.36. The van der Waals surface area contributed by atoms with E-state index < -0.39 is 5.09 Å². The van der Waals surface area contributed by atoms with Crippen LogP contribution in [-0.4, -0.2) is 22.5 Å². The molecule has 0 heterocycles. The van der Waals surface area contributed by atoms with Gasteiger partial charge in [0, 0.05) is 6.21 Å². The quantitative estimate of drug-likeness (QED) is 0.203. The second-order valence-corrected chi connectivity index (χ2v) is 2.56. The van der Waals surface area contributed by atoms with E-state index in [1.54, 1.807) is 6.21 Å². The Bertz CT molecular complexity index is 209. The van der Waals surface area contributed by atoms with E-state index >= 15 is 0 Å². The summed E-state index contributed by atoms with van der Waals surface area (Å²) in [5, 5.41) is 20.8. The molecule has 0 spiro atoms. The first kappa shape index (κ1) is 15.6. The van der Waals surface area contributed by atoms with Gasteiger partial charge in [0.05, 0.1) is 0 Å². The van der Waals surface area contributed by atoms with Gasteiger partial charge in [0.25, 0.3) is 5.09 Å². The standard InChI is InChI=1S/C7H16N4.HNO3/c1-2-3-4-5-6-10-11-7(8)9;2-1(3)4/h6H,2-5H2,1H3,(H4,8,9,11);(H,2,3,4)/b10-6+;. The number of unbranched alkanes of at least 4 members (excludes halogenated alkanes) is 3. The van der Waals surface area contributed by atoms with Gasteiger partial charge in [-0.2, -0.15) is 5.10 Å². The van der Waals surface area contributed by atoms with E-state index in [4.69, 9.17) is 26.8 Å². The molecule has 0 bridgehead atoms. The van der Waals surface area contributed by atoms with Crippen molar-refractivity contribution in [3.05, 3.63) is 10.1 Å². The Kier molecular flexibility index (Phi) is 12.6. The molecule has 0 aromatic heterocycles. The molecule has 15 heavy (non-hydrogen) atoms. The second-order valence-electron chi connectivity index (χ2n) is 2.56. The van der Waals surface area contributed by atoms with Crippen molar-refractivity contribution < 1.29 is 10.3 Å². The van der Waals surface area contributed by atoms with Crippen LogP contribution in [0.25, 0.3) is 0 Å². The minimum absolute atomic E-state index is 0.0109. The lowest BCUT2D eigenvalue weighted by molar-refractivity contribution is -0.742. The van der Waals surface area contributed by atoms with Crippen LogP contribution in [0, 0.1) is 10.1 Å². The first-order valence-electron chi connectivity index (χ1n) is 4.44. The fraction of sp³-hybridized carbons (Fsp3) is 0.714. The third kappa shape index (κ3) is 33.1. The Morgan fingerprint density at radius 1 is 1.53 bits per heavy atom. The SMILES string of the molecule is CCCCC/C=N/N=C(N)N.O=[N+]([O-])O. The summed E-state index contributed by atoms with van der Waals surface area (Å²) in [5.41, 5.74) is 10.1. The van der Waals surface area contributed by atoms with Crippen molar-refractivity contribution in [3.8, 4) is 0 Å². The van der Waals surface area contributed by atoms with Crippen LogP contribution in [0.1, 0.15) is 32.6 Å². The monoisotopic (exact) mass is 219 g/mol. The van der Waals surface area contributed by atoms with Crippen molar-refractivity contribution in [2.75, 3.05) is 0 Å². The number of hydrogen-bond acceptors (Lipinski definition) is 4. The van der Waals surface area contributed by atoms with Gasteiger partial charge in [-0.25, -0.2) is 0 Å². The van der Waals surface area contributed by atoms with Gasteiger partial charge in [0.2, 0.25) is 5.96 Å². The highest BCUT2D eigenvalue weighted by Crippen LogP contribution is 1.95. The van der Waals surface area contributed by atoms with Crippen molar-refractivity contribution in [2.24, 2.45) is 21.7 Å². The van der Waals surface area contributed by atoms with Crippen LogP contribution < -0.4 is 11.5 Å². The van der Waals surface area contributed by atoms with E-state index in [0.29, 0.717) is 0 Å². The number of rotatable bonds is 5. The fourth-order valence-corrected chi connectivity index (χ4v) is 0.651. The van der Waals surface area contributed by atoms with Crippen molar-refractivity contribution in [3.63, 3.8) is 0 Å². The second kappa shape index (κ2) is 12.1. The maximum Gasteiger partial charge on any atom is 0.291 e. The molecule has 0 saturated carbocycles. The molecule has 0 fully saturated rings. The van der Waals surface area contributed by atoms with E-state index in [9.17, 15) is 0 Å². The zero-order chi connectivity index (χ0) is 12.1. The molecular formula is C7H17N5O3. The summed E-state index contributed by atoms with van der Waals surface area (Å²) in [5.74, 6) is 0.0109. The summed E-state index contributed by atoms with van der Waals surface area (Å²) >= 11 is 0. The average Bonchev–Trinajstić information content (AvgIpc) is 2.09. The normalized spacial score (nSPS) is 9.13. The highest BCUT2D eigenvalue weighted by molar-refractivity contribution is 5.76. The van der Waals surface area contributed by atoms with E-state index in [-0.39, 0.29) is 5.96 Å². The maximum absolute atomic E-state index is 8.36. The number of hydrogen-bond donors (Lipinski definition) is 3. The summed E-state index contributed by atoms with van der Waals surface area (Å²) in [6.07, 6.45) is 6.28. The largest absolute Gasteiger partial charge is 0.369 e. The van der Waals surface area contributed by atoms with E-state index in [1.165, 1.54) is 12.8 Å². The predicted molar refractivity (Wildman–Crippen MR) is 57.2 cm³/mol. The zero-order valence-corrected chi connectivity index (χ0v) is 8.67. The van der Waals surface area contributed by atoms with Crippen LogP contribution in [0.4, 0.5) is 0 Å². The molecule has 0 amide bonds. The highest BCUT2D eigenvalue weighted by Gasteiger charge is 1.81. The third-order valence-electron chi connectivity index (χ3n) is 1.19. The first-order chi connectivity index (χ1) is 7.00. The van der Waals surface area contributed by atoms with Crippen LogP contribution in [-0.2, 0) is 0 Å². The average molecular weight is 219 g/mol. The highest BCUT2D eigenvalue weighted by atomic mass is 16.9. The van der Waals surface area contributed by atoms with Crippen molar-refractivity contribution in [1.82, 2.24) is 0 Å². The van der Waals surface area contributed by atoms with Crippen molar-refractivity contribution >= 4 is 12.2 Å². The minimum atomic E-state index is -1.50. The molecule has 8 heteroatoms. The molecule has 0 saturated heterocycles. The van der Waals surface area contributed by atoms with Crippen LogP contribution in [0.3, 0.4) is 0 Å². The van der Waals surface area contributed by atoms with Crippen LogP contribution in [0.5, 0.6) is 0 Å². The molecule has 0 unspecified atom stereocenters. The topological polar surface area (TPSA) is 140 Å². The lowest BCUT2D eigenvalue weighted by atomic mass is 10.2. The summed E-state index contributed by atoms with van der Waals surface area (Å²) in [4.78, 5) is 8.36. The van der Waals surface area contributed by atoms with Gasteiger partial charge in [-0.05, 0) is 12.8 Å². The Morgan fingerprint density at radius 3 is 2.47 bits per heavy atom. The van der Waals surface area contributed by atoms with Gasteiger partial charge in [0.1, 0.15) is 0 Å². The van der Waals surface area contributed by atoms with Crippen LogP contribution >= 0.6 is 0 Å². The van der Waals surface area contributed by atoms with Crippen LogP contribution in [0.2, 0.25) is 0 Å². The summed E-state index contributed by atoms with van der Waals surface area (Å²) in [6, 6.07) is 0. The molecule has 0 aromatic rings. The number of nitrogens with zero attached hydrogens (tertiary/aromatic N) is 3. The molecule has 0 aliphatic carbocycles. The molecule has 0 rings (SSSR count). The fourth-order valence-electron chi connectivity index (χ4n) is 0.651. The summed E-state index contributed by atoms with van der Waals surface area (Å²) < 4.78 is 0. The third-order valence-corrected chi connectivity index (χ3v) is 1.19. The molecule has 0 atom stereocenters. The number of guanidine groups is 1. The smallest absolute Gasteiger partial charge is 0.291 e. The Labute approximate surface area is 87.8 Å². The minimum Gasteiger partial charge on any atom is -0.369 e. The van der Waals surface area contributed by atoms with Crippen molar-refractivity contribution in [1.29, 1.82) is 0 Å². The predicted octanol–water partition coefficient (Wildman–Crippen LogP) is 0.478. The molecule has 8 nitrogen and oxygen atoms in total. The Hall–Kier alpha value is -1.86. The van der Waals surface area contributed by atoms with Gasteiger partial charge in [-0.3, -0.25) is 0 Å². The van der Waals surface area contributed by atoms with Crippen LogP contribution in [0.15, 0.2) is 10.2 Å². The van der Waals surface area contributed by atoms with Gasteiger partial charge < -0.3 is 16.7 Å². The van der Waals surface area contributed by atoms with Crippen molar-refractivity contribution in [2.45, 2.75) is 32.6 Å². The van der Waals surface area contributed by atoms with E-state index in [2.05, 4.69) is 17.1 Å². The van der Waals surface area contributed by atoms with Gasteiger partial charge in [-0.15, -0.1) is 15.2 Å². The van der Waals surface area contributed by atoms with Gasteiger partial charge in [-0.1, -0.05) is 19.8 Å². The Morgan fingerprint density at radius 2 is 2.07 bits per heavy atom. The molecule has 0 aliphatic heterocycles. The first-order valence-corrected chi connectivity index (χ1v) is 4.44. The van der Waals surface area contributed by atoms with Gasteiger partial charge in [0.15, 0.2) is 0 Å². The molecule has 88 valence electrons. The molecular weight excluding hydrogens is 202 g/mol. The molecule has 0 aliphatic rings. The summed E-state index contributed by atoms with van der Waals surface area (Å²) in [6.45, 7) is 2.16. The zero-order valence-electron chi connectivity index (χ0n) is 8.67. The Balaban J connectivity index is 0. The molecule has 0 radical (unpaired) electrons. The lowest BCUT2D eigenvalue weighted by Gasteiger charge is -1.89.